The predicted molar refractivity (Wildman–Crippen MR) is 200 cm³/mol. The van der Waals surface area contributed by atoms with Gasteiger partial charge in [0, 0.05) is 86.6 Å². The van der Waals surface area contributed by atoms with Crippen LogP contribution in [0.1, 0.15) is 37.9 Å². The van der Waals surface area contributed by atoms with Crippen molar-refractivity contribution in [2.24, 2.45) is 0 Å². The second kappa shape index (κ2) is 18.8. The van der Waals surface area contributed by atoms with Crippen molar-refractivity contribution < 1.29 is 14.8 Å². The number of anilines is 1. The highest BCUT2D eigenvalue weighted by molar-refractivity contribution is 8.76. The van der Waals surface area contributed by atoms with E-state index in [1.54, 1.807) is 0 Å². The fourth-order valence-corrected chi connectivity index (χ4v) is 7.81. The molecule has 8 heteroatoms. The number of β-amino-alcohol motifs (C(OH)–C–C–N with tert-alkyl or cyclic N) is 1. The average molecular weight is 660 g/mol. The Kier molecular flexibility index (Phi) is 14.6. The van der Waals surface area contributed by atoms with Crippen molar-refractivity contribution in [3.8, 4) is 0 Å². The molecule has 2 aromatic rings. The van der Waals surface area contributed by atoms with Gasteiger partial charge in [-0.3, -0.25) is 0 Å². The normalized spacial score (nSPS) is 15.4. The van der Waals surface area contributed by atoms with Gasteiger partial charge in [0.1, 0.15) is 6.61 Å². The lowest BCUT2D eigenvalue weighted by molar-refractivity contribution is -0.700. The van der Waals surface area contributed by atoms with Gasteiger partial charge in [-0.2, -0.15) is 4.57 Å². The Hall–Kier alpha value is -3.17. The van der Waals surface area contributed by atoms with Gasteiger partial charge in [0.2, 0.25) is 5.69 Å². The Labute approximate surface area is 284 Å². The number of pyridine rings is 1. The van der Waals surface area contributed by atoms with Crippen LogP contribution in [0.2, 0.25) is 0 Å². The molecule has 2 heterocycles. The maximum atomic E-state index is 9.41. The molecule has 2 aliphatic rings. The molecule has 46 heavy (non-hydrogen) atoms. The van der Waals surface area contributed by atoms with Crippen molar-refractivity contribution in [3.63, 3.8) is 0 Å². The molecule has 1 aliphatic heterocycles. The van der Waals surface area contributed by atoms with Crippen LogP contribution < -0.4 is 9.47 Å². The number of aromatic nitrogens is 1. The van der Waals surface area contributed by atoms with Gasteiger partial charge in [-0.15, -0.1) is 0 Å². The predicted octanol–water partition coefficient (Wildman–Crippen LogP) is 6.57. The molecule has 0 saturated carbocycles. The quantitative estimate of drug-likeness (QED) is 0.113. The number of allylic oxidation sites excluding steroid dienone is 9. The first kappa shape index (κ1) is 35.7. The molecule has 1 aromatic heterocycles. The number of hydrogen-bond donors (Lipinski definition) is 2. The number of nitrogens with zero attached hydrogens (tertiary/aromatic N) is 4. The van der Waals surface area contributed by atoms with Gasteiger partial charge in [-0.25, -0.2) is 0 Å². The molecule has 0 atom stereocenters. The lowest BCUT2D eigenvalue weighted by Crippen LogP contribution is -2.38. The first-order valence-electron chi connectivity index (χ1n) is 16.3. The molecule has 0 radical (unpaired) electrons. The molecule has 0 amide bonds. The van der Waals surface area contributed by atoms with Crippen LogP contribution in [0.4, 0.5) is 5.69 Å². The summed E-state index contributed by atoms with van der Waals surface area (Å²) in [7, 11) is 8.29. The smallest absolute Gasteiger partial charge is 0.208 e. The molecular formula is C38H51N4O2S2+. The maximum absolute atomic E-state index is 9.41. The van der Waals surface area contributed by atoms with Crippen molar-refractivity contribution >= 4 is 38.9 Å². The maximum Gasteiger partial charge on any atom is 0.208 e. The third-order valence-corrected chi connectivity index (χ3v) is 10.8. The molecule has 0 unspecified atom stereocenters. The molecule has 6 nitrogen and oxygen atoms in total. The van der Waals surface area contributed by atoms with Gasteiger partial charge >= 0.3 is 0 Å². The highest BCUT2D eigenvalue weighted by atomic mass is 33.1. The minimum Gasteiger partial charge on any atom is -0.395 e. The van der Waals surface area contributed by atoms with E-state index in [9.17, 15) is 10.2 Å². The summed E-state index contributed by atoms with van der Waals surface area (Å²) >= 11 is 0. The van der Waals surface area contributed by atoms with E-state index in [-0.39, 0.29) is 13.2 Å². The highest BCUT2D eigenvalue weighted by Crippen LogP contribution is 2.27. The standard InChI is InChI=1S/C38H51N4O2S2/c1-31(37-9-5-7-19-41(37)21-25-43)29-33-11-15-35(16-12-33)39(3)23-27-45-46-28-24-40(4)36-17-13-34(14-18-36)30-32(2)38-10-6-8-20-42(38)22-26-44/h5-13,15-17,19,29-30,43-44H,14,18,20-28H2,1-4H3/q+1/b32-30+. The van der Waals surface area contributed by atoms with E-state index in [1.807, 2.05) is 39.9 Å². The van der Waals surface area contributed by atoms with E-state index in [0.717, 1.165) is 49.7 Å². The van der Waals surface area contributed by atoms with Gasteiger partial charge in [-0.05, 0) is 79.8 Å². The molecule has 246 valence electrons. The number of benzene rings is 1. The van der Waals surface area contributed by atoms with E-state index in [0.29, 0.717) is 13.1 Å². The SMILES string of the molecule is C/C(=C\C1=CC=C(N(C)CCSSCCN(C)c2ccc(/C=C(\C)c3cccc[n+]3CCO)cc2)CC1)C1=CC=CCN1CCO. The summed E-state index contributed by atoms with van der Waals surface area (Å²) in [5.74, 6) is 2.17. The third kappa shape index (κ3) is 10.7. The molecule has 1 aliphatic carbocycles. The molecule has 0 spiro atoms. The van der Waals surface area contributed by atoms with E-state index in [1.165, 1.54) is 39.4 Å². The molecular weight excluding hydrogens is 609 g/mol. The second-order valence-corrected chi connectivity index (χ2v) is 14.5. The Balaban J connectivity index is 1.16. The van der Waals surface area contributed by atoms with Gasteiger partial charge in [0.15, 0.2) is 12.7 Å². The highest BCUT2D eigenvalue weighted by Gasteiger charge is 2.15. The summed E-state index contributed by atoms with van der Waals surface area (Å²) in [6.07, 6.45) is 19.6. The van der Waals surface area contributed by atoms with Crippen LogP contribution in [0, 0.1) is 0 Å². The number of aliphatic hydroxyl groups excluding tert-OH is 2. The number of aliphatic hydroxyl groups is 2. The van der Waals surface area contributed by atoms with Crippen LogP contribution in [0.15, 0.2) is 108 Å². The van der Waals surface area contributed by atoms with Crippen molar-refractivity contribution in [2.75, 3.05) is 69.9 Å². The van der Waals surface area contributed by atoms with Crippen molar-refractivity contribution in [3.05, 3.63) is 119 Å². The molecule has 0 bridgehead atoms. The summed E-state index contributed by atoms with van der Waals surface area (Å²) in [6.45, 7) is 8.76. The fraction of sp³-hybridized carbons (Fsp3) is 0.395. The molecule has 0 saturated heterocycles. The summed E-state index contributed by atoms with van der Waals surface area (Å²) in [4.78, 5) is 6.96. The van der Waals surface area contributed by atoms with Gasteiger partial charge in [0.25, 0.3) is 0 Å². The number of rotatable bonds is 17. The monoisotopic (exact) mass is 659 g/mol. The molecule has 1 aromatic carbocycles. The van der Waals surface area contributed by atoms with Crippen LogP contribution in [0.3, 0.4) is 0 Å². The lowest BCUT2D eigenvalue weighted by Gasteiger charge is -2.29. The Morgan fingerprint density at radius 3 is 2.33 bits per heavy atom. The lowest BCUT2D eigenvalue weighted by atomic mass is 9.98. The van der Waals surface area contributed by atoms with Gasteiger partial charge < -0.3 is 24.9 Å². The second-order valence-electron chi connectivity index (χ2n) is 11.8. The minimum atomic E-state index is 0.129. The molecule has 4 rings (SSSR count). The molecule has 0 fully saturated rings. The van der Waals surface area contributed by atoms with E-state index in [2.05, 4.69) is 120 Å². The topological polar surface area (TPSA) is 54.1 Å². The van der Waals surface area contributed by atoms with Crippen molar-refractivity contribution in [1.82, 2.24) is 9.80 Å². The van der Waals surface area contributed by atoms with Crippen LogP contribution in [-0.4, -0.2) is 85.0 Å². The summed E-state index contributed by atoms with van der Waals surface area (Å²) < 4.78 is 2.09. The van der Waals surface area contributed by atoms with Crippen molar-refractivity contribution in [1.29, 1.82) is 0 Å². The Morgan fingerprint density at radius 2 is 1.63 bits per heavy atom. The summed E-state index contributed by atoms with van der Waals surface area (Å²) in [5.41, 5.74) is 9.93. The summed E-state index contributed by atoms with van der Waals surface area (Å²) in [5, 5.41) is 18.8. The largest absolute Gasteiger partial charge is 0.395 e. The third-order valence-electron chi connectivity index (χ3n) is 8.39. The van der Waals surface area contributed by atoms with Gasteiger partial charge in [0.05, 0.1) is 6.61 Å². The Bertz CT molecular complexity index is 1460. The van der Waals surface area contributed by atoms with Crippen LogP contribution in [0.25, 0.3) is 11.6 Å². The first-order valence-corrected chi connectivity index (χ1v) is 18.7. The fourth-order valence-electron chi connectivity index (χ4n) is 5.72. The van der Waals surface area contributed by atoms with Crippen LogP contribution in [0.5, 0.6) is 0 Å². The van der Waals surface area contributed by atoms with E-state index >= 15 is 0 Å². The zero-order valence-corrected chi connectivity index (χ0v) is 29.6. The van der Waals surface area contributed by atoms with Gasteiger partial charge in [-0.1, -0.05) is 58.0 Å². The first-order chi connectivity index (χ1) is 22.4. The Morgan fingerprint density at radius 1 is 0.870 bits per heavy atom. The minimum absolute atomic E-state index is 0.129. The zero-order valence-electron chi connectivity index (χ0n) is 27.9. The van der Waals surface area contributed by atoms with Crippen molar-refractivity contribution in [2.45, 2.75) is 33.2 Å². The summed E-state index contributed by atoms with van der Waals surface area (Å²) in [6, 6.07) is 14.9. The number of hydrogen-bond acceptors (Lipinski definition) is 7. The van der Waals surface area contributed by atoms with E-state index in [4.69, 9.17) is 0 Å². The molecule has 2 N–H and O–H groups in total. The average Bonchev–Trinajstić information content (AvgIpc) is 3.07. The zero-order chi connectivity index (χ0) is 32.7. The van der Waals surface area contributed by atoms with Crippen LogP contribution >= 0.6 is 21.6 Å². The van der Waals surface area contributed by atoms with Crippen LogP contribution in [-0.2, 0) is 6.54 Å². The van der Waals surface area contributed by atoms with E-state index < -0.39 is 0 Å².